The van der Waals surface area contributed by atoms with Gasteiger partial charge in [0.1, 0.15) is 5.69 Å². The molecule has 3 rings (SSSR count). The van der Waals surface area contributed by atoms with Crippen LogP contribution in [0.25, 0.3) is 11.3 Å². The Morgan fingerprint density at radius 3 is 2.62 bits per heavy atom. The number of nitro groups is 1. The molecule has 3 aromatic rings. The first-order chi connectivity index (χ1) is 14.1. The first-order valence-electron chi connectivity index (χ1n) is 8.66. The molecule has 2 aromatic carbocycles. The lowest BCUT2D eigenvalue weighted by Crippen LogP contribution is -2.17. The van der Waals surface area contributed by atoms with Crippen LogP contribution in [-0.2, 0) is 6.54 Å². The van der Waals surface area contributed by atoms with Crippen molar-refractivity contribution < 1.29 is 9.72 Å². The van der Waals surface area contributed by atoms with Gasteiger partial charge in [0.15, 0.2) is 0 Å². The molecule has 29 heavy (non-hydrogen) atoms. The lowest BCUT2D eigenvalue weighted by molar-refractivity contribution is -0.384. The van der Waals surface area contributed by atoms with E-state index in [4.69, 9.17) is 5.26 Å². The second-order valence-corrected chi connectivity index (χ2v) is 5.97. The highest BCUT2D eigenvalue weighted by Gasteiger charge is 2.11. The first kappa shape index (κ1) is 19.4. The van der Waals surface area contributed by atoms with Gasteiger partial charge in [-0.2, -0.15) is 15.5 Å². The van der Waals surface area contributed by atoms with Crippen LogP contribution in [0.4, 0.5) is 5.69 Å². The number of amides is 1. The molecule has 144 valence electrons. The molecule has 0 saturated heterocycles. The number of benzene rings is 2. The number of carbonyl (C=O) groups excluding carboxylic acids is 1. The van der Waals surface area contributed by atoms with E-state index in [0.717, 1.165) is 5.56 Å². The van der Waals surface area contributed by atoms with Crippen LogP contribution in [0.15, 0.2) is 65.9 Å². The average molecular weight is 388 g/mol. The number of hydrogen-bond donors (Lipinski definition) is 1. The van der Waals surface area contributed by atoms with E-state index in [9.17, 15) is 14.9 Å². The van der Waals surface area contributed by atoms with Crippen molar-refractivity contribution in [3.05, 3.63) is 82.0 Å². The summed E-state index contributed by atoms with van der Waals surface area (Å²) in [5, 5.41) is 27.9. The highest BCUT2D eigenvalue weighted by Crippen LogP contribution is 2.20. The summed E-state index contributed by atoms with van der Waals surface area (Å²) in [5.41, 5.74) is 4.79. The van der Waals surface area contributed by atoms with Gasteiger partial charge in [-0.3, -0.25) is 19.6 Å². The van der Waals surface area contributed by atoms with Gasteiger partial charge in [-0.1, -0.05) is 30.3 Å². The predicted octanol–water partition coefficient (Wildman–Crippen LogP) is 3.14. The van der Waals surface area contributed by atoms with Crippen LogP contribution in [0.5, 0.6) is 0 Å². The summed E-state index contributed by atoms with van der Waals surface area (Å²) >= 11 is 0. The predicted molar refractivity (Wildman–Crippen MR) is 106 cm³/mol. The topological polar surface area (TPSA) is 126 Å². The van der Waals surface area contributed by atoms with Crippen molar-refractivity contribution in [3.63, 3.8) is 0 Å². The molecule has 0 fully saturated rings. The van der Waals surface area contributed by atoms with Gasteiger partial charge < -0.3 is 0 Å². The maximum Gasteiger partial charge on any atom is 0.271 e. The standard InChI is InChI=1S/C20H16N6O3/c21-11-4-12-25-14-17(19(24-25)15-5-2-1-3-6-15)13-22-23-20(27)16-7-9-18(10-8-16)26(28)29/h1-3,5-10,13-14H,4,12H2,(H,23,27)/b22-13-. The highest BCUT2D eigenvalue weighted by atomic mass is 16.6. The molecule has 0 unspecified atom stereocenters. The van der Waals surface area contributed by atoms with E-state index >= 15 is 0 Å². The van der Waals surface area contributed by atoms with Crippen molar-refractivity contribution in [2.75, 3.05) is 0 Å². The summed E-state index contributed by atoms with van der Waals surface area (Å²) in [7, 11) is 0. The van der Waals surface area contributed by atoms with Crippen LogP contribution in [0.3, 0.4) is 0 Å². The first-order valence-corrected chi connectivity index (χ1v) is 8.66. The third kappa shape index (κ3) is 4.90. The number of hydrazone groups is 1. The van der Waals surface area contributed by atoms with Crippen molar-refractivity contribution in [2.24, 2.45) is 5.10 Å². The molecule has 1 aromatic heterocycles. The van der Waals surface area contributed by atoms with Crippen LogP contribution in [0.1, 0.15) is 22.3 Å². The summed E-state index contributed by atoms with van der Waals surface area (Å²) in [4.78, 5) is 22.3. The molecule has 0 spiro atoms. The quantitative estimate of drug-likeness (QED) is 0.378. The van der Waals surface area contributed by atoms with Crippen LogP contribution in [0, 0.1) is 21.4 Å². The normalized spacial score (nSPS) is 10.6. The van der Waals surface area contributed by atoms with Crippen LogP contribution in [0.2, 0.25) is 0 Å². The summed E-state index contributed by atoms with van der Waals surface area (Å²) in [6.07, 6.45) is 3.55. The Kier molecular flexibility index (Phi) is 6.07. The van der Waals surface area contributed by atoms with Gasteiger partial charge in [-0.05, 0) is 12.1 Å². The summed E-state index contributed by atoms with van der Waals surface area (Å²) < 4.78 is 1.66. The minimum absolute atomic E-state index is 0.0951. The number of nitriles is 1. The largest absolute Gasteiger partial charge is 0.271 e. The average Bonchev–Trinajstić information content (AvgIpc) is 3.15. The Morgan fingerprint density at radius 1 is 1.24 bits per heavy atom. The molecule has 1 N–H and O–H groups in total. The van der Waals surface area contributed by atoms with E-state index in [1.807, 2.05) is 30.3 Å². The van der Waals surface area contributed by atoms with Crippen molar-refractivity contribution in [1.29, 1.82) is 5.26 Å². The van der Waals surface area contributed by atoms with Gasteiger partial charge in [0.05, 0.1) is 30.2 Å². The summed E-state index contributed by atoms with van der Waals surface area (Å²) in [6, 6.07) is 16.8. The lowest BCUT2D eigenvalue weighted by atomic mass is 10.1. The van der Waals surface area contributed by atoms with E-state index in [2.05, 4.69) is 21.7 Å². The van der Waals surface area contributed by atoms with Crippen molar-refractivity contribution in [1.82, 2.24) is 15.2 Å². The van der Waals surface area contributed by atoms with Gasteiger partial charge in [-0.25, -0.2) is 5.43 Å². The number of carbonyl (C=O) groups is 1. The van der Waals surface area contributed by atoms with Crippen molar-refractivity contribution >= 4 is 17.8 Å². The van der Waals surface area contributed by atoms with Gasteiger partial charge >= 0.3 is 0 Å². The lowest BCUT2D eigenvalue weighted by Gasteiger charge is -2.00. The fraction of sp³-hybridized carbons (Fsp3) is 0.100. The zero-order chi connectivity index (χ0) is 20.6. The minimum Gasteiger partial charge on any atom is -0.270 e. The maximum atomic E-state index is 12.2. The molecule has 1 heterocycles. The second kappa shape index (κ2) is 9.05. The molecule has 0 aliphatic heterocycles. The SMILES string of the molecule is N#CCCn1cc(/C=N\NC(=O)c2ccc([N+](=O)[O-])cc2)c(-c2ccccc2)n1. The van der Waals surface area contributed by atoms with E-state index in [0.29, 0.717) is 24.2 Å². The van der Waals surface area contributed by atoms with E-state index in [1.165, 1.54) is 30.5 Å². The monoisotopic (exact) mass is 388 g/mol. The smallest absolute Gasteiger partial charge is 0.270 e. The Bertz CT molecular complexity index is 1080. The number of aromatic nitrogens is 2. The molecule has 0 bridgehead atoms. The molecule has 0 radical (unpaired) electrons. The third-order valence-electron chi connectivity index (χ3n) is 4.00. The van der Waals surface area contributed by atoms with Gasteiger partial charge in [0.2, 0.25) is 0 Å². The number of rotatable bonds is 7. The number of nitrogens with zero attached hydrogens (tertiary/aromatic N) is 5. The summed E-state index contributed by atoms with van der Waals surface area (Å²) in [5.74, 6) is -0.491. The maximum absolute atomic E-state index is 12.2. The minimum atomic E-state index is -0.533. The Balaban J connectivity index is 1.76. The number of non-ortho nitro benzene ring substituents is 1. The molecule has 0 aliphatic rings. The Labute approximate surface area is 166 Å². The highest BCUT2D eigenvalue weighted by molar-refractivity contribution is 5.95. The van der Waals surface area contributed by atoms with Gasteiger partial charge in [-0.15, -0.1) is 0 Å². The molecule has 0 saturated carbocycles. The summed E-state index contributed by atoms with van der Waals surface area (Å²) in [6.45, 7) is 0.444. The third-order valence-corrected chi connectivity index (χ3v) is 4.00. The van der Waals surface area contributed by atoms with E-state index < -0.39 is 10.8 Å². The second-order valence-electron chi connectivity index (χ2n) is 5.97. The van der Waals surface area contributed by atoms with Gasteiger partial charge in [0, 0.05) is 35.0 Å². The van der Waals surface area contributed by atoms with Gasteiger partial charge in [0.25, 0.3) is 11.6 Å². The molecular formula is C20H16N6O3. The number of hydrogen-bond acceptors (Lipinski definition) is 6. The molecular weight excluding hydrogens is 372 g/mol. The fourth-order valence-corrected chi connectivity index (χ4v) is 2.59. The Morgan fingerprint density at radius 2 is 1.97 bits per heavy atom. The molecule has 9 heteroatoms. The van der Waals surface area contributed by atoms with Crippen LogP contribution < -0.4 is 5.43 Å². The van der Waals surface area contributed by atoms with E-state index in [-0.39, 0.29) is 11.3 Å². The number of nitrogens with one attached hydrogen (secondary N) is 1. The molecule has 0 aliphatic carbocycles. The van der Waals surface area contributed by atoms with Crippen LogP contribution in [-0.4, -0.2) is 26.8 Å². The zero-order valence-corrected chi connectivity index (χ0v) is 15.2. The molecule has 1 amide bonds. The Hall–Kier alpha value is -4.32. The number of nitro benzene ring substituents is 1. The van der Waals surface area contributed by atoms with E-state index in [1.54, 1.807) is 10.9 Å². The fourth-order valence-electron chi connectivity index (χ4n) is 2.59. The number of aryl methyl sites for hydroxylation is 1. The van der Waals surface area contributed by atoms with Crippen molar-refractivity contribution in [2.45, 2.75) is 13.0 Å². The molecule has 9 nitrogen and oxygen atoms in total. The zero-order valence-electron chi connectivity index (χ0n) is 15.2. The van der Waals surface area contributed by atoms with Crippen molar-refractivity contribution in [3.8, 4) is 17.3 Å². The molecule has 0 atom stereocenters. The van der Waals surface area contributed by atoms with Crippen LogP contribution >= 0.6 is 0 Å².